The molecule has 1 aromatic heterocycles. The maximum Gasteiger partial charge on any atom is 0.323 e. The summed E-state index contributed by atoms with van der Waals surface area (Å²) < 4.78 is 0. The highest BCUT2D eigenvalue weighted by atomic mass is 16.2. The molecule has 0 aliphatic rings. The molecule has 0 spiro atoms. The molecule has 0 aliphatic heterocycles. The Morgan fingerprint density at radius 1 is 0.880 bits per heavy atom. The van der Waals surface area contributed by atoms with Gasteiger partial charge in [0.1, 0.15) is 5.82 Å². The molecule has 0 fully saturated rings. The van der Waals surface area contributed by atoms with E-state index < -0.39 is 0 Å². The molecule has 6 heteroatoms. The SMILES string of the molecule is N#Cc1cccc(Nc2ccc(NC(=O)Nc3ccccc3)cn2)c1. The number of nitriles is 1. The molecule has 3 aromatic rings. The summed E-state index contributed by atoms with van der Waals surface area (Å²) in [5.74, 6) is 0.615. The minimum Gasteiger partial charge on any atom is -0.340 e. The Kier molecular flexibility index (Phi) is 4.88. The van der Waals surface area contributed by atoms with Crippen LogP contribution in [0.25, 0.3) is 0 Å². The number of hydrogen-bond acceptors (Lipinski definition) is 4. The standard InChI is InChI=1S/C19H15N5O/c20-12-14-5-4-8-16(11-14)22-18-10-9-17(13-21-18)24-19(25)23-15-6-2-1-3-7-15/h1-11,13H,(H,21,22)(H2,23,24,25). The highest BCUT2D eigenvalue weighted by Crippen LogP contribution is 2.17. The summed E-state index contributed by atoms with van der Waals surface area (Å²) in [6, 6.07) is 21.5. The molecule has 6 nitrogen and oxygen atoms in total. The number of carbonyl (C=O) groups excluding carboxylic acids is 1. The van der Waals surface area contributed by atoms with Gasteiger partial charge in [0.2, 0.25) is 0 Å². The van der Waals surface area contributed by atoms with Crippen LogP contribution in [0.4, 0.5) is 27.7 Å². The molecule has 2 amide bonds. The molecule has 1 heterocycles. The fourth-order valence-corrected chi connectivity index (χ4v) is 2.17. The molecule has 0 unspecified atom stereocenters. The molecular weight excluding hydrogens is 314 g/mol. The summed E-state index contributed by atoms with van der Waals surface area (Å²) in [6.07, 6.45) is 1.56. The van der Waals surface area contributed by atoms with E-state index in [2.05, 4.69) is 27.0 Å². The van der Waals surface area contributed by atoms with E-state index >= 15 is 0 Å². The Hall–Kier alpha value is -3.85. The maximum atomic E-state index is 11.9. The average molecular weight is 329 g/mol. The first-order valence-electron chi connectivity index (χ1n) is 7.59. The van der Waals surface area contributed by atoms with Crippen LogP contribution < -0.4 is 16.0 Å². The molecule has 0 bridgehead atoms. The predicted molar refractivity (Wildman–Crippen MR) is 97.8 cm³/mol. The number of nitrogens with one attached hydrogen (secondary N) is 3. The Morgan fingerprint density at radius 2 is 1.64 bits per heavy atom. The number of anilines is 4. The van der Waals surface area contributed by atoms with Gasteiger partial charge in [-0.15, -0.1) is 0 Å². The number of carbonyl (C=O) groups is 1. The van der Waals surface area contributed by atoms with E-state index in [1.54, 1.807) is 48.7 Å². The van der Waals surface area contributed by atoms with Crippen LogP contribution in [0.5, 0.6) is 0 Å². The van der Waals surface area contributed by atoms with Crippen LogP contribution in [0.3, 0.4) is 0 Å². The lowest BCUT2D eigenvalue weighted by Gasteiger charge is -2.09. The van der Waals surface area contributed by atoms with Gasteiger partial charge in [0.05, 0.1) is 23.5 Å². The molecule has 3 N–H and O–H groups in total. The van der Waals surface area contributed by atoms with Crippen molar-refractivity contribution in [1.29, 1.82) is 5.26 Å². The highest BCUT2D eigenvalue weighted by Gasteiger charge is 2.03. The molecule has 2 aromatic carbocycles. The van der Waals surface area contributed by atoms with Crippen molar-refractivity contribution in [2.45, 2.75) is 0 Å². The summed E-state index contributed by atoms with van der Waals surface area (Å²) in [6.45, 7) is 0. The van der Waals surface area contributed by atoms with E-state index in [1.807, 2.05) is 24.3 Å². The molecule has 0 saturated carbocycles. The van der Waals surface area contributed by atoms with Crippen LogP contribution in [0.1, 0.15) is 5.56 Å². The third kappa shape index (κ3) is 4.56. The van der Waals surface area contributed by atoms with Crippen LogP contribution in [0, 0.1) is 11.3 Å². The summed E-state index contributed by atoms with van der Waals surface area (Å²) in [4.78, 5) is 16.2. The second-order valence-electron chi connectivity index (χ2n) is 5.19. The van der Waals surface area contributed by atoms with Crippen molar-refractivity contribution in [3.05, 3.63) is 78.5 Å². The number of pyridine rings is 1. The number of rotatable bonds is 4. The minimum atomic E-state index is -0.338. The zero-order valence-corrected chi connectivity index (χ0v) is 13.2. The van der Waals surface area contributed by atoms with Crippen molar-refractivity contribution in [2.75, 3.05) is 16.0 Å². The number of nitrogens with zero attached hydrogens (tertiary/aromatic N) is 2. The van der Waals surface area contributed by atoms with Gasteiger partial charge in [0, 0.05) is 11.4 Å². The number of hydrogen-bond donors (Lipinski definition) is 3. The van der Waals surface area contributed by atoms with Crippen molar-refractivity contribution >= 4 is 28.9 Å². The van der Waals surface area contributed by atoms with Crippen molar-refractivity contribution in [3.8, 4) is 6.07 Å². The topological polar surface area (TPSA) is 89.8 Å². The monoisotopic (exact) mass is 329 g/mol. The zero-order valence-electron chi connectivity index (χ0n) is 13.2. The van der Waals surface area contributed by atoms with Crippen LogP contribution in [-0.2, 0) is 0 Å². The first kappa shape index (κ1) is 16.0. The molecular formula is C19H15N5O. The quantitative estimate of drug-likeness (QED) is 0.664. The van der Waals surface area contributed by atoms with Gasteiger partial charge in [-0.25, -0.2) is 9.78 Å². The molecule has 0 atom stereocenters. The van der Waals surface area contributed by atoms with Gasteiger partial charge >= 0.3 is 6.03 Å². The zero-order chi connectivity index (χ0) is 17.5. The van der Waals surface area contributed by atoms with Crippen LogP contribution in [0.15, 0.2) is 72.9 Å². The Bertz CT molecular complexity index is 901. The molecule has 3 rings (SSSR count). The van der Waals surface area contributed by atoms with Gasteiger partial charge in [0.15, 0.2) is 0 Å². The van der Waals surface area contributed by atoms with Gasteiger partial charge in [-0.05, 0) is 42.5 Å². The van der Waals surface area contributed by atoms with E-state index in [4.69, 9.17) is 5.26 Å². The molecule has 25 heavy (non-hydrogen) atoms. The van der Waals surface area contributed by atoms with Crippen molar-refractivity contribution in [2.24, 2.45) is 0 Å². The molecule has 122 valence electrons. The van der Waals surface area contributed by atoms with E-state index in [0.29, 0.717) is 22.8 Å². The van der Waals surface area contributed by atoms with Crippen LogP contribution in [0.2, 0.25) is 0 Å². The third-order valence-corrected chi connectivity index (χ3v) is 3.32. The van der Waals surface area contributed by atoms with Gasteiger partial charge < -0.3 is 16.0 Å². The van der Waals surface area contributed by atoms with Crippen LogP contribution in [-0.4, -0.2) is 11.0 Å². The van der Waals surface area contributed by atoms with Gasteiger partial charge in [-0.2, -0.15) is 5.26 Å². The lowest BCUT2D eigenvalue weighted by molar-refractivity contribution is 0.262. The molecule has 0 radical (unpaired) electrons. The van der Waals surface area contributed by atoms with Gasteiger partial charge in [-0.3, -0.25) is 0 Å². The number of para-hydroxylation sites is 1. The number of benzene rings is 2. The van der Waals surface area contributed by atoms with E-state index in [-0.39, 0.29) is 6.03 Å². The lowest BCUT2D eigenvalue weighted by Crippen LogP contribution is -2.19. The third-order valence-electron chi connectivity index (χ3n) is 3.32. The lowest BCUT2D eigenvalue weighted by atomic mass is 10.2. The number of aromatic nitrogens is 1. The number of amides is 2. The maximum absolute atomic E-state index is 11.9. The van der Waals surface area contributed by atoms with Crippen molar-refractivity contribution in [1.82, 2.24) is 4.98 Å². The second kappa shape index (κ2) is 7.62. The largest absolute Gasteiger partial charge is 0.340 e. The van der Waals surface area contributed by atoms with Gasteiger partial charge in [-0.1, -0.05) is 24.3 Å². The van der Waals surface area contributed by atoms with Crippen LogP contribution >= 0.6 is 0 Å². The normalized spacial score (nSPS) is 9.72. The molecule has 0 saturated heterocycles. The summed E-state index contributed by atoms with van der Waals surface area (Å²) >= 11 is 0. The van der Waals surface area contributed by atoms with E-state index in [1.165, 1.54) is 0 Å². The minimum absolute atomic E-state index is 0.338. The van der Waals surface area contributed by atoms with Gasteiger partial charge in [0.25, 0.3) is 0 Å². The summed E-state index contributed by atoms with van der Waals surface area (Å²) in [7, 11) is 0. The fraction of sp³-hybridized carbons (Fsp3) is 0. The number of urea groups is 1. The van der Waals surface area contributed by atoms with Crippen molar-refractivity contribution < 1.29 is 4.79 Å². The van der Waals surface area contributed by atoms with E-state index in [9.17, 15) is 4.79 Å². The van der Waals surface area contributed by atoms with Crippen molar-refractivity contribution in [3.63, 3.8) is 0 Å². The first-order chi connectivity index (χ1) is 12.2. The second-order valence-corrected chi connectivity index (χ2v) is 5.19. The predicted octanol–water partition coefficient (Wildman–Crippen LogP) is 4.34. The molecule has 0 aliphatic carbocycles. The average Bonchev–Trinajstić information content (AvgIpc) is 2.64. The Balaban J connectivity index is 1.60. The Morgan fingerprint density at radius 3 is 2.36 bits per heavy atom. The summed E-state index contributed by atoms with van der Waals surface area (Å²) in [5.41, 5.74) is 2.63. The summed E-state index contributed by atoms with van der Waals surface area (Å²) in [5, 5.41) is 17.5. The van der Waals surface area contributed by atoms with E-state index in [0.717, 1.165) is 5.69 Å². The Labute approximate surface area is 145 Å². The smallest absolute Gasteiger partial charge is 0.323 e. The fourth-order valence-electron chi connectivity index (χ4n) is 2.17. The highest BCUT2D eigenvalue weighted by molar-refractivity contribution is 5.99. The first-order valence-corrected chi connectivity index (χ1v) is 7.59.